The smallest absolute Gasteiger partial charge is 0.0620 e. The Kier molecular flexibility index (Phi) is 3.68. The monoisotopic (exact) mass is 229 g/mol. The van der Waals surface area contributed by atoms with Crippen LogP contribution in [0.3, 0.4) is 0 Å². The highest BCUT2D eigenvalue weighted by Gasteiger charge is 2.16. The zero-order valence-electron chi connectivity index (χ0n) is 9.81. The molecule has 0 heterocycles. The first-order valence-corrected chi connectivity index (χ1v) is 7.29. The molecule has 2 aromatic carbocycles. The van der Waals surface area contributed by atoms with Crippen molar-refractivity contribution in [2.45, 2.75) is 17.6 Å². The highest BCUT2D eigenvalue weighted by molar-refractivity contribution is 7.95. The van der Waals surface area contributed by atoms with Gasteiger partial charge >= 0.3 is 0 Å². The van der Waals surface area contributed by atoms with Crippen LogP contribution in [0, 0.1) is 6.92 Å². The molecule has 0 N–H and O–H groups in total. The Morgan fingerprint density at radius 2 is 1.50 bits per heavy atom. The van der Waals surface area contributed by atoms with E-state index in [9.17, 15) is 0 Å². The minimum atomic E-state index is 0.305. The predicted octanol–water partition coefficient (Wildman–Crippen LogP) is 3.80. The zero-order valence-corrected chi connectivity index (χ0v) is 10.6. The molecule has 0 aliphatic rings. The summed E-state index contributed by atoms with van der Waals surface area (Å²) < 4.78 is 0. The molecule has 1 unspecified atom stereocenters. The van der Waals surface area contributed by atoms with Gasteiger partial charge < -0.3 is 0 Å². The summed E-state index contributed by atoms with van der Waals surface area (Å²) in [5.41, 5.74) is 2.87. The van der Waals surface area contributed by atoms with E-state index in [1.165, 1.54) is 16.0 Å². The van der Waals surface area contributed by atoms with E-state index >= 15 is 0 Å². The van der Waals surface area contributed by atoms with Gasteiger partial charge in [0.1, 0.15) is 12.0 Å². The Morgan fingerprint density at radius 3 is 2.19 bits per heavy atom. The van der Waals surface area contributed by atoms with Crippen molar-refractivity contribution in [1.29, 1.82) is 0 Å². The van der Waals surface area contributed by atoms with Crippen molar-refractivity contribution < 1.29 is 0 Å². The largest absolute Gasteiger partial charge is 0.154 e. The molecule has 2 rings (SSSR count). The van der Waals surface area contributed by atoms with Gasteiger partial charge in [-0.05, 0) is 24.6 Å². The topological polar surface area (TPSA) is 0 Å². The molecule has 0 aliphatic heterocycles. The molecule has 1 atom stereocenters. The minimum absolute atomic E-state index is 0.305. The molecule has 0 aliphatic carbocycles. The number of rotatable bonds is 3. The second kappa shape index (κ2) is 5.22. The van der Waals surface area contributed by atoms with Gasteiger partial charge in [-0.2, -0.15) is 0 Å². The fourth-order valence-electron chi connectivity index (χ4n) is 1.74. The molecular formula is C15H17S+. The molecule has 16 heavy (non-hydrogen) atoms. The van der Waals surface area contributed by atoms with Crippen LogP contribution in [-0.4, -0.2) is 6.26 Å². The van der Waals surface area contributed by atoms with E-state index in [2.05, 4.69) is 67.8 Å². The lowest BCUT2D eigenvalue weighted by Gasteiger charge is -2.05. The third-order valence-electron chi connectivity index (χ3n) is 2.78. The van der Waals surface area contributed by atoms with Gasteiger partial charge in [-0.25, -0.2) is 0 Å². The zero-order chi connectivity index (χ0) is 11.4. The highest BCUT2D eigenvalue weighted by Crippen LogP contribution is 2.18. The molecule has 0 aromatic heterocycles. The number of benzene rings is 2. The van der Waals surface area contributed by atoms with Crippen molar-refractivity contribution in [3.8, 4) is 0 Å². The van der Waals surface area contributed by atoms with Gasteiger partial charge in [-0.1, -0.05) is 42.5 Å². The average Bonchev–Trinajstić information content (AvgIpc) is 2.33. The minimum Gasteiger partial charge on any atom is -0.0620 e. The van der Waals surface area contributed by atoms with Crippen LogP contribution in [0.2, 0.25) is 0 Å². The molecule has 0 saturated heterocycles. The SMILES string of the molecule is Cc1ccccc1C[S+](C)c1ccccc1. The third-order valence-corrected chi connectivity index (χ3v) is 4.60. The molecule has 82 valence electrons. The van der Waals surface area contributed by atoms with Gasteiger partial charge in [0.15, 0.2) is 4.90 Å². The third kappa shape index (κ3) is 2.67. The quantitative estimate of drug-likeness (QED) is 0.702. The standard InChI is InChI=1S/C15H17S/c1-13-8-6-7-9-14(13)12-16(2)15-10-4-3-5-11-15/h3-11H,12H2,1-2H3/q+1. The summed E-state index contributed by atoms with van der Waals surface area (Å²) in [6.45, 7) is 2.19. The van der Waals surface area contributed by atoms with Crippen LogP contribution in [0.4, 0.5) is 0 Å². The van der Waals surface area contributed by atoms with Crippen LogP contribution in [0.15, 0.2) is 59.5 Å². The van der Waals surface area contributed by atoms with Crippen LogP contribution < -0.4 is 0 Å². The summed E-state index contributed by atoms with van der Waals surface area (Å²) in [5, 5.41) is 0. The second-order valence-corrected chi connectivity index (χ2v) is 6.06. The maximum atomic E-state index is 2.32. The maximum absolute atomic E-state index is 2.32. The molecule has 0 radical (unpaired) electrons. The lowest BCUT2D eigenvalue weighted by molar-refractivity contribution is 1.29. The fourth-order valence-corrected chi connectivity index (χ4v) is 3.32. The van der Waals surface area contributed by atoms with Crippen LogP contribution in [-0.2, 0) is 16.6 Å². The molecule has 1 heteroatoms. The first-order valence-electron chi connectivity index (χ1n) is 5.49. The van der Waals surface area contributed by atoms with Gasteiger partial charge in [-0.3, -0.25) is 0 Å². The van der Waals surface area contributed by atoms with Crippen LogP contribution in [0.5, 0.6) is 0 Å². The normalized spacial score (nSPS) is 12.4. The maximum Gasteiger partial charge on any atom is 0.154 e. The molecule has 0 nitrogen and oxygen atoms in total. The lowest BCUT2D eigenvalue weighted by Crippen LogP contribution is -2.04. The van der Waals surface area contributed by atoms with Crippen LogP contribution in [0.25, 0.3) is 0 Å². The fraction of sp³-hybridized carbons (Fsp3) is 0.200. The van der Waals surface area contributed by atoms with E-state index in [1.54, 1.807) is 0 Å². The highest BCUT2D eigenvalue weighted by atomic mass is 32.2. The van der Waals surface area contributed by atoms with Crippen LogP contribution >= 0.6 is 0 Å². The summed E-state index contributed by atoms with van der Waals surface area (Å²) in [7, 11) is 0.305. The lowest BCUT2D eigenvalue weighted by atomic mass is 10.1. The second-order valence-electron chi connectivity index (χ2n) is 4.02. The Balaban J connectivity index is 2.14. The summed E-state index contributed by atoms with van der Waals surface area (Å²) in [4.78, 5) is 1.45. The van der Waals surface area contributed by atoms with E-state index in [0.717, 1.165) is 5.75 Å². The Hall–Kier alpha value is -1.21. The van der Waals surface area contributed by atoms with E-state index in [-0.39, 0.29) is 0 Å². The van der Waals surface area contributed by atoms with E-state index < -0.39 is 0 Å². The first-order chi connectivity index (χ1) is 7.77. The van der Waals surface area contributed by atoms with Gasteiger partial charge in [0.2, 0.25) is 0 Å². The Labute approximate surface area is 101 Å². The van der Waals surface area contributed by atoms with Crippen molar-refractivity contribution in [3.05, 3.63) is 65.7 Å². The number of aryl methyl sites for hydroxylation is 1. The number of hydrogen-bond acceptors (Lipinski definition) is 0. The molecule has 0 amide bonds. The number of hydrogen-bond donors (Lipinski definition) is 0. The summed E-state index contributed by atoms with van der Waals surface area (Å²) >= 11 is 0. The molecule has 0 bridgehead atoms. The van der Waals surface area contributed by atoms with E-state index in [4.69, 9.17) is 0 Å². The van der Waals surface area contributed by atoms with Crippen molar-refractivity contribution in [3.63, 3.8) is 0 Å². The Bertz CT molecular complexity index is 448. The molecule has 0 spiro atoms. The molecule has 0 saturated carbocycles. The first kappa shape index (κ1) is 11.3. The van der Waals surface area contributed by atoms with Gasteiger partial charge in [0.05, 0.1) is 0 Å². The van der Waals surface area contributed by atoms with Crippen molar-refractivity contribution >= 4 is 10.9 Å². The molecular weight excluding hydrogens is 212 g/mol. The summed E-state index contributed by atoms with van der Waals surface area (Å²) in [6, 6.07) is 19.4. The van der Waals surface area contributed by atoms with Crippen molar-refractivity contribution in [2.75, 3.05) is 6.26 Å². The van der Waals surface area contributed by atoms with E-state index in [1.807, 2.05) is 0 Å². The Morgan fingerprint density at radius 1 is 0.875 bits per heavy atom. The van der Waals surface area contributed by atoms with Crippen molar-refractivity contribution in [1.82, 2.24) is 0 Å². The summed E-state index contributed by atoms with van der Waals surface area (Å²) in [5.74, 6) is 1.15. The van der Waals surface area contributed by atoms with Gasteiger partial charge in [0, 0.05) is 16.5 Å². The van der Waals surface area contributed by atoms with E-state index in [0.29, 0.717) is 10.9 Å². The molecule has 2 aromatic rings. The van der Waals surface area contributed by atoms with Crippen LogP contribution in [0.1, 0.15) is 11.1 Å². The van der Waals surface area contributed by atoms with Gasteiger partial charge in [0.25, 0.3) is 0 Å². The summed E-state index contributed by atoms with van der Waals surface area (Å²) in [6.07, 6.45) is 2.32. The molecule has 0 fully saturated rings. The van der Waals surface area contributed by atoms with Gasteiger partial charge in [-0.15, -0.1) is 0 Å². The average molecular weight is 229 g/mol. The van der Waals surface area contributed by atoms with Crippen molar-refractivity contribution in [2.24, 2.45) is 0 Å². The predicted molar refractivity (Wildman–Crippen MR) is 72.9 cm³/mol.